The Morgan fingerprint density at radius 2 is 1.63 bits per heavy atom. The lowest BCUT2D eigenvalue weighted by Gasteiger charge is -2.33. The Kier molecular flexibility index (Phi) is 5.01. The Bertz CT molecular complexity index is 898. The van der Waals surface area contributed by atoms with Crippen LogP contribution in [0.2, 0.25) is 0 Å². The van der Waals surface area contributed by atoms with E-state index in [1.807, 2.05) is 24.3 Å². The molecule has 4 rings (SSSR count). The Morgan fingerprint density at radius 3 is 2.33 bits per heavy atom. The zero-order valence-corrected chi connectivity index (χ0v) is 15.8. The van der Waals surface area contributed by atoms with Crippen LogP contribution in [0.4, 0.5) is 11.5 Å². The van der Waals surface area contributed by atoms with Crippen molar-refractivity contribution < 1.29 is 9.47 Å². The van der Waals surface area contributed by atoms with Gasteiger partial charge >= 0.3 is 0 Å². The third-order valence-electron chi connectivity index (χ3n) is 5.12. The smallest absolute Gasteiger partial charge is 0.129 e. The molecule has 0 saturated carbocycles. The van der Waals surface area contributed by atoms with E-state index >= 15 is 0 Å². The van der Waals surface area contributed by atoms with Gasteiger partial charge in [-0.25, -0.2) is 4.98 Å². The van der Waals surface area contributed by atoms with Gasteiger partial charge in [-0.05, 0) is 31.0 Å². The molecule has 27 heavy (non-hydrogen) atoms. The summed E-state index contributed by atoms with van der Waals surface area (Å²) >= 11 is 0. The lowest BCUT2D eigenvalue weighted by Crippen LogP contribution is -2.39. The minimum absolute atomic E-state index is 0.429. The molecule has 0 atom stereocenters. The van der Waals surface area contributed by atoms with E-state index in [1.54, 1.807) is 14.2 Å². The van der Waals surface area contributed by atoms with Gasteiger partial charge in [0.25, 0.3) is 0 Å². The minimum atomic E-state index is 0.429. The second kappa shape index (κ2) is 7.74. The number of aromatic nitrogens is 1. The normalized spacial score (nSPS) is 15.0. The molecule has 0 spiro atoms. The summed E-state index contributed by atoms with van der Waals surface area (Å²) in [4.78, 5) is 7.20. The summed E-state index contributed by atoms with van der Waals surface area (Å²) in [5.41, 5.74) is 2.09. The fraction of sp³-hybridized carbons (Fsp3) is 0.318. The summed E-state index contributed by atoms with van der Waals surface area (Å²) in [6.45, 7) is 1.98. The standard InChI is InChI=1S/C22H25N3O2/c1-26-19-13-18(14-20(15-19)27-2)23-17-9-11-25(12-10-17)22-8-7-16-5-3-4-6-21(16)24-22/h3-8,13-15,17,23H,9-12H2,1-2H3. The Labute approximate surface area is 159 Å². The van der Waals surface area contributed by atoms with Crippen molar-refractivity contribution in [1.82, 2.24) is 4.98 Å². The van der Waals surface area contributed by atoms with E-state index in [1.165, 1.54) is 5.39 Å². The van der Waals surface area contributed by atoms with Crippen molar-refractivity contribution in [3.63, 3.8) is 0 Å². The summed E-state index contributed by atoms with van der Waals surface area (Å²) in [6.07, 6.45) is 2.13. The highest BCUT2D eigenvalue weighted by Crippen LogP contribution is 2.28. The summed E-state index contributed by atoms with van der Waals surface area (Å²) in [7, 11) is 3.35. The van der Waals surface area contributed by atoms with Gasteiger partial charge in [-0.15, -0.1) is 0 Å². The van der Waals surface area contributed by atoms with Crippen LogP contribution < -0.4 is 19.7 Å². The number of hydrogen-bond acceptors (Lipinski definition) is 5. The van der Waals surface area contributed by atoms with E-state index < -0.39 is 0 Å². The number of hydrogen-bond donors (Lipinski definition) is 1. The molecule has 1 fully saturated rings. The predicted octanol–water partition coefficient (Wildman–Crippen LogP) is 4.33. The van der Waals surface area contributed by atoms with Crippen molar-refractivity contribution >= 4 is 22.4 Å². The number of para-hydroxylation sites is 1. The van der Waals surface area contributed by atoms with Crippen LogP contribution in [0, 0.1) is 0 Å². The molecule has 3 aromatic rings. The molecule has 1 aliphatic rings. The van der Waals surface area contributed by atoms with Gasteiger partial charge in [0.1, 0.15) is 17.3 Å². The van der Waals surface area contributed by atoms with Gasteiger partial charge < -0.3 is 19.7 Å². The van der Waals surface area contributed by atoms with Gasteiger partial charge in [0, 0.05) is 48.4 Å². The third kappa shape index (κ3) is 3.92. The molecule has 0 radical (unpaired) electrons. The lowest BCUT2D eigenvalue weighted by atomic mass is 10.0. The molecule has 0 unspecified atom stereocenters. The second-order valence-corrected chi connectivity index (χ2v) is 6.87. The van der Waals surface area contributed by atoms with Crippen LogP contribution in [-0.2, 0) is 0 Å². The number of fused-ring (bicyclic) bond motifs is 1. The fourth-order valence-electron chi connectivity index (χ4n) is 3.61. The summed E-state index contributed by atoms with van der Waals surface area (Å²) < 4.78 is 10.7. The maximum atomic E-state index is 5.36. The lowest BCUT2D eigenvalue weighted by molar-refractivity contribution is 0.394. The molecule has 5 heteroatoms. The molecular formula is C22H25N3O2. The number of anilines is 2. The highest BCUT2D eigenvalue weighted by Gasteiger charge is 2.20. The molecule has 1 aromatic heterocycles. The number of nitrogens with one attached hydrogen (secondary N) is 1. The maximum absolute atomic E-state index is 5.36. The van der Waals surface area contributed by atoms with Crippen molar-refractivity contribution in [2.75, 3.05) is 37.5 Å². The second-order valence-electron chi connectivity index (χ2n) is 6.87. The first kappa shape index (κ1) is 17.5. The zero-order chi connectivity index (χ0) is 18.6. The molecule has 2 aromatic carbocycles. The third-order valence-corrected chi connectivity index (χ3v) is 5.12. The van der Waals surface area contributed by atoms with Crippen molar-refractivity contribution in [3.8, 4) is 11.5 Å². The Hall–Kier alpha value is -2.95. The fourth-order valence-corrected chi connectivity index (χ4v) is 3.61. The maximum Gasteiger partial charge on any atom is 0.129 e. The number of piperidine rings is 1. The van der Waals surface area contributed by atoms with Crippen molar-refractivity contribution in [2.45, 2.75) is 18.9 Å². The van der Waals surface area contributed by atoms with Crippen LogP contribution in [-0.4, -0.2) is 38.3 Å². The van der Waals surface area contributed by atoms with Crippen molar-refractivity contribution in [1.29, 1.82) is 0 Å². The van der Waals surface area contributed by atoms with E-state index in [4.69, 9.17) is 14.5 Å². The van der Waals surface area contributed by atoms with Crippen LogP contribution in [0.5, 0.6) is 11.5 Å². The van der Waals surface area contributed by atoms with Gasteiger partial charge in [0.15, 0.2) is 0 Å². The van der Waals surface area contributed by atoms with E-state index in [0.717, 1.165) is 54.5 Å². The monoisotopic (exact) mass is 363 g/mol. The highest BCUT2D eigenvalue weighted by atomic mass is 16.5. The number of nitrogens with zero attached hydrogens (tertiary/aromatic N) is 2. The SMILES string of the molecule is COc1cc(NC2CCN(c3ccc4ccccc4n3)CC2)cc(OC)c1. The molecule has 0 amide bonds. The molecule has 0 bridgehead atoms. The summed E-state index contributed by atoms with van der Waals surface area (Å²) in [5.74, 6) is 2.67. The van der Waals surface area contributed by atoms with Crippen LogP contribution in [0.15, 0.2) is 54.6 Å². The largest absolute Gasteiger partial charge is 0.497 e. The first-order valence-corrected chi connectivity index (χ1v) is 9.35. The molecule has 140 valence electrons. The van der Waals surface area contributed by atoms with Crippen LogP contribution in [0.3, 0.4) is 0 Å². The first-order valence-electron chi connectivity index (χ1n) is 9.35. The number of benzene rings is 2. The predicted molar refractivity (Wildman–Crippen MR) is 110 cm³/mol. The Morgan fingerprint density at radius 1 is 0.926 bits per heavy atom. The van der Waals surface area contributed by atoms with E-state index in [2.05, 4.69) is 40.5 Å². The van der Waals surface area contributed by atoms with Gasteiger partial charge in [-0.2, -0.15) is 0 Å². The molecule has 0 aliphatic carbocycles. The molecule has 1 aliphatic heterocycles. The van der Waals surface area contributed by atoms with Crippen LogP contribution in [0.25, 0.3) is 10.9 Å². The molecule has 1 saturated heterocycles. The average Bonchev–Trinajstić information content (AvgIpc) is 2.73. The molecule has 2 heterocycles. The Balaban J connectivity index is 1.41. The van der Waals surface area contributed by atoms with E-state index in [-0.39, 0.29) is 0 Å². The molecule has 5 nitrogen and oxygen atoms in total. The van der Waals surface area contributed by atoms with Crippen LogP contribution in [0.1, 0.15) is 12.8 Å². The van der Waals surface area contributed by atoms with Gasteiger partial charge in [0.05, 0.1) is 19.7 Å². The zero-order valence-electron chi connectivity index (χ0n) is 15.8. The van der Waals surface area contributed by atoms with Crippen molar-refractivity contribution in [2.24, 2.45) is 0 Å². The van der Waals surface area contributed by atoms with Gasteiger partial charge in [0.2, 0.25) is 0 Å². The topological polar surface area (TPSA) is 46.6 Å². The first-order chi connectivity index (χ1) is 13.2. The number of pyridine rings is 1. The van der Waals surface area contributed by atoms with E-state index in [9.17, 15) is 0 Å². The molecule has 1 N–H and O–H groups in total. The molecular weight excluding hydrogens is 338 g/mol. The summed E-state index contributed by atoms with van der Waals surface area (Å²) in [6, 6.07) is 18.9. The van der Waals surface area contributed by atoms with Crippen molar-refractivity contribution in [3.05, 3.63) is 54.6 Å². The number of ether oxygens (including phenoxy) is 2. The van der Waals surface area contributed by atoms with Crippen LogP contribution >= 0.6 is 0 Å². The minimum Gasteiger partial charge on any atom is -0.497 e. The number of rotatable bonds is 5. The van der Waals surface area contributed by atoms with Gasteiger partial charge in [-0.1, -0.05) is 18.2 Å². The van der Waals surface area contributed by atoms with Gasteiger partial charge in [-0.3, -0.25) is 0 Å². The summed E-state index contributed by atoms with van der Waals surface area (Å²) in [5, 5.41) is 4.81. The highest BCUT2D eigenvalue weighted by molar-refractivity contribution is 5.80. The average molecular weight is 363 g/mol. The quantitative estimate of drug-likeness (QED) is 0.731. The number of methoxy groups -OCH3 is 2. The van der Waals surface area contributed by atoms with E-state index in [0.29, 0.717) is 6.04 Å².